The van der Waals surface area contributed by atoms with Gasteiger partial charge >= 0.3 is 0 Å². The molecular formula is C48H31N3S. The first-order valence-corrected chi connectivity index (χ1v) is 18.3. The van der Waals surface area contributed by atoms with Crippen LogP contribution in [0.5, 0.6) is 0 Å². The Hall–Kier alpha value is -6.62. The Bertz CT molecular complexity index is 2880. The summed E-state index contributed by atoms with van der Waals surface area (Å²) in [6, 6.07) is 66.6. The molecule has 0 aliphatic rings. The molecule has 0 fully saturated rings. The summed E-state index contributed by atoms with van der Waals surface area (Å²) < 4.78 is 2.53. The Labute approximate surface area is 305 Å². The molecule has 8 aromatic carbocycles. The van der Waals surface area contributed by atoms with Crippen molar-refractivity contribution in [3.63, 3.8) is 0 Å². The fraction of sp³-hybridized carbons (Fsp3) is 0. The van der Waals surface area contributed by atoms with Crippen molar-refractivity contribution in [2.45, 2.75) is 0 Å². The summed E-state index contributed by atoms with van der Waals surface area (Å²) >= 11 is 1.84. The fourth-order valence-corrected chi connectivity index (χ4v) is 8.55. The van der Waals surface area contributed by atoms with Crippen LogP contribution >= 0.6 is 11.3 Å². The van der Waals surface area contributed by atoms with Crippen molar-refractivity contribution >= 4 is 70.2 Å². The lowest BCUT2D eigenvalue weighted by atomic mass is 10.0. The topological polar surface area (TPSA) is 29.0 Å². The number of para-hydroxylation sites is 2. The molecule has 10 rings (SSSR count). The monoisotopic (exact) mass is 681 g/mol. The first-order chi connectivity index (χ1) is 25.8. The summed E-state index contributed by atoms with van der Waals surface area (Å²) in [6.07, 6.45) is 0. The molecule has 0 atom stereocenters. The second-order valence-corrected chi connectivity index (χ2v) is 14.1. The summed E-state index contributed by atoms with van der Waals surface area (Å²) in [5, 5.41) is 6.11. The van der Waals surface area contributed by atoms with Crippen molar-refractivity contribution in [2.24, 2.45) is 0 Å². The number of hydrogen-bond donors (Lipinski definition) is 0. The van der Waals surface area contributed by atoms with Crippen molar-refractivity contribution in [3.05, 3.63) is 188 Å². The Morgan fingerprint density at radius 1 is 0.404 bits per heavy atom. The highest BCUT2D eigenvalue weighted by atomic mass is 32.1. The molecule has 2 aromatic heterocycles. The average Bonchev–Trinajstić information content (AvgIpc) is 3.58. The highest BCUT2D eigenvalue weighted by Crippen LogP contribution is 2.43. The molecule has 0 amide bonds. The van der Waals surface area contributed by atoms with Gasteiger partial charge < -0.3 is 4.90 Å². The minimum atomic E-state index is 0.711. The maximum absolute atomic E-state index is 5.33. The van der Waals surface area contributed by atoms with E-state index in [-0.39, 0.29) is 0 Å². The van der Waals surface area contributed by atoms with Crippen LogP contribution in [0.4, 0.5) is 17.1 Å². The van der Waals surface area contributed by atoms with E-state index in [0.29, 0.717) is 5.82 Å². The van der Waals surface area contributed by atoms with E-state index in [4.69, 9.17) is 9.97 Å². The highest BCUT2D eigenvalue weighted by molar-refractivity contribution is 7.26. The van der Waals surface area contributed by atoms with Crippen molar-refractivity contribution < 1.29 is 0 Å². The largest absolute Gasteiger partial charge is 0.311 e. The van der Waals surface area contributed by atoms with Crippen LogP contribution in [-0.4, -0.2) is 9.97 Å². The SMILES string of the molecule is c1ccc(-c2ccc(N(c3ccccc3)c3ccc(-c4nc(-c5cccc6c5sc5cc7ccccc7cc56)c5ccccc5n4)cc3)cc2)cc1. The van der Waals surface area contributed by atoms with Gasteiger partial charge in [0.05, 0.1) is 11.2 Å². The first-order valence-electron chi connectivity index (χ1n) is 17.5. The quantitative estimate of drug-likeness (QED) is 0.175. The third-order valence-electron chi connectivity index (χ3n) is 9.85. The molecule has 52 heavy (non-hydrogen) atoms. The maximum atomic E-state index is 5.33. The second-order valence-electron chi connectivity index (χ2n) is 13.0. The first kappa shape index (κ1) is 30.2. The van der Waals surface area contributed by atoms with E-state index in [1.54, 1.807) is 0 Å². The average molecular weight is 682 g/mol. The predicted molar refractivity (Wildman–Crippen MR) is 221 cm³/mol. The van der Waals surface area contributed by atoms with Gasteiger partial charge in [-0.1, -0.05) is 121 Å². The molecule has 244 valence electrons. The van der Waals surface area contributed by atoms with Gasteiger partial charge in [-0.3, -0.25) is 0 Å². The van der Waals surface area contributed by atoms with Gasteiger partial charge in [-0.2, -0.15) is 0 Å². The van der Waals surface area contributed by atoms with E-state index in [0.717, 1.165) is 44.8 Å². The Morgan fingerprint density at radius 2 is 0.981 bits per heavy atom. The van der Waals surface area contributed by atoms with Crippen LogP contribution in [0.25, 0.3) is 75.6 Å². The lowest BCUT2D eigenvalue weighted by Crippen LogP contribution is -2.09. The lowest BCUT2D eigenvalue weighted by Gasteiger charge is -2.26. The van der Waals surface area contributed by atoms with Crippen LogP contribution < -0.4 is 4.90 Å². The van der Waals surface area contributed by atoms with Crippen molar-refractivity contribution in [2.75, 3.05) is 4.90 Å². The highest BCUT2D eigenvalue weighted by Gasteiger charge is 2.18. The summed E-state index contributed by atoms with van der Waals surface area (Å²) in [5.41, 5.74) is 9.63. The molecule has 0 spiro atoms. The molecule has 10 aromatic rings. The summed E-state index contributed by atoms with van der Waals surface area (Å²) in [6.45, 7) is 0. The number of rotatable bonds is 6. The van der Waals surface area contributed by atoms with Gasteiger partial charge in [-0.05, 0) is 88.6 Å². The molecule has 0 N–H and O–H groups in total. The Kier molecular flexibility index (Phi) is 7.33. The molecule has 2 heterocycles. The van der Waals surface area contributed by atoms with Crippen LogP contribution in [-0.2, 0) is 0 Å². The van der Waals surface area contributed by atoms with Crippen LogP contribution in [0, 0.1) is 0 Å². The number of thiophene rings is 1. The lowest BCUT2D eigenvalue weighted by molar-refractivity contribution is 1.23. The molecule has 0 aliphatic heterocycles. The molecule has 0 radical (unpaired) electrons. The molecule has 0 saturated heterocycles. The van der Waals surface area contributed by atoms with Crippen molar-refractivity contribution in [1.82, 2.24) is 9.97 Å². The fourth-order valence-electron chi connectivity index (χ4n) is 7.30. The van der Waals surface area contributed by atoms with Gasteiger partial charge in [-0.15, -0.1) is 11.3 Å². The minimum absolute atomic E-state index is 0.711. The Morgan fingerprint density at radius 3 is 1.73 bits per heavy atom. The van der Waals surface area contributed by atoms with Crippen LogP contribution in [0.3, 0.4) is 0 Å². The smallest absolute Gasteiger partial charge is 0.160 e. The van der Waals surface area contributed by atoms with Crippen molar-refractivity contribution in [1.29, 1.82) is 0 Å². The van der Waals surface area contributed by atoms with E-state index in [1.165, 1.54) is 42.1 Å². The van der Waals surface area contributed by atoms with E-state index in [2.05, 4.69) is 193 Å². The van der Waals surface area contributed by atoms with Gasteiger partial charge in [0.2, 0.25) is 0 Å². The zero-order valence-electron chi connectivity index (χ0n) is 28.1. The molecule has 0 aliphatic carbocycles. The third kappa shape index (κ3) is 5.29. The van der Waals surface area contributed by atoms with Crippen molar-refractivity contribution in [3.8, 4) is 33.8 Å². The maximum Gasteiger partial charge on any atom is 0.160 e. The third-order valence-corrected chi connectivity index (χ3v) is 11.1. The number of anilines is 3. The Balaban J connectivity index is 1.07. The predicted octanol–water partition coefficient (Wildman–Crippen LogP) is 13.6. The van der Waals surface area contributed by atoms with E-state index in [9.17, 15) is 0 Å². The second kappa shape index (κ2) is 12.6. The van der Waals surface area contributed by atoms with Crippen LogP contribution in [0.1, 0.15) is 0 Å². The molecular weight excluding hydrogens is 651 g/mol. The number of aromatic nitrogens is 2. The van der Waals surface area contributed by atoms with Gasteiger partial charge in [0, 0.05) is 53.7 Å². The summed E-state index contributed by atoms with van der Waals surface area (Å²) in [7, 11) is 0. The zero-order chi connectivity index (χ0) is 34.4. The van der Waals surface area contributed by atoms with E-state index >= 15 is 0 Å². The number of hydrogen-bond acceptors (Lipinski definition) is 4. The number of benzene rings is 8. The summed E-state index contributed by atoms with van der Waals surface area (Å²) in [5.74, 6) is 0.711. The molecule has 0 saturated carbocycles. The minimum Gasteiger partial charge on any atom is -0.311 e. The van der Waals surface area contributed by atoms with E-state index < -0.39 is 0 Å². The molecule has 0 unspecified atom stereocenters. The number of fused-ring (bicyclic) bond motifs is 5. The zero-order valence-corrected chi connectivity index (χ0v) is 29.0. The normalized spacial score (nSPS) is 11.5. The van der Waals surface area contributed by atoms with Crippen LogP contribution in [0.2, 0.25) is 0 Å². The molecule has 4 heteroatoms. The van der Waals surface area contributed by atoms with Gasteiger partial charge in [0.25, 0.3) is 0 Å². The molecule has 3 nitrogen and oxygen atoms in total. The van der Waals surface area contributed by atoms with Crippen LogP contribution in [0.15, 0.2) is 188 Å². The van der Waals surface area contributed by atoms with Gasteiger partial charge in [0.15, 0.2) is 5.82 Å². The van der Waals surface area contributed by atoms with Gasteiger partial charge in [-0.25, -0.2) is 9.97 Å². The van der Waals surface area contributed by atoms with E-state index in [1.807, 2.05) is 11.3 Å². The van der Waals surface area contributed by atoms with Gasteiger partial charge in [0.1, 0.15) is 0 Å². The molecule has 0 bridgehead atoms. The number of nitrogens with zero attached hydrogens (tertiary/aromatic N) is 3. The summed E-state index contributed by atoms with van der Waals surface area (Å²) in [4.78, 5) is 12.7. The standard InChI is InChI=1S/C48H31N3S/c1-3-12-32(13-4-1)33-22-26-38(27-23-33)51(37-16-5-2-6-17-37)39-28-24-34(25-29-39)48-49-44-21-10-9-18-41(44)46(50-48)42-20-11-19-40-43-30-35-14-7-8-15-36(35)31-45(43)52-47(40)42/h1-31H.